The van der Waals surface area contributed by atoms with E-state index in [9.17, 15) is 5.11 Å². The molecule has 1 atom stereocenters. The Morgan fingerprint density at radius 1 is 1.39 bits per heavy atom. The van der Waals surface area contributed by atoms with Crippen LogP contribution in [0.15, 0.2) is 28.7 Å². The summed E-state index contributed by atoms with van der Waals surface area (Å²) in [6.45, 7) is 1.94. The zero-order valence-corrected chi connectivity index (χ0v) is 13.2. The van der Waals surface area contributed by atoms with Gasteiger partial charge in [-0.25, -0.2) is 0 Å². The van der Waals surface area contributed by atoms with Crippen LogP contribution in [0.3, 0.4) is 0 Å². The summed E-state index contributed by atoms with van der Waals surface area (Å²) in [5.41, 5.74) is 0. The summed E-state index contributed by atoms with van der Waals surface area (Å²) in [5, 5.41) is 9.85. The van der Waals surface area contributed by atoms with Gasteiger partial charge in [-0.15, -0.1) is 0 Å². The minimum Gasteiger partial charge on any atom is -0.491 e. The van der Waals surface area contributed by atoms with Gasteiger partial charge in [0.15, 0.2) is 0 Å². The van der Waals surface area contributed by atoms with E-state index in [4.69, 9.17) is 4.74 Å². The van der Waals surface area contributed by atoms with Crippen LogP contribution >= 0.6 is 27.7 Å². The fourth-order valence-corrected chi connectivity index (χ4v) is 2.23. The van der Waals surface area contributed by atoms with Crippen molar-refractivity contribution in [1.82, 2.24) is 4.90 Å². The number of aliphatic hydroxyl groups excluding tert-OH is 1. The molecule has 0 aliphatic heterocycles. The van der Waals surface area contributed by atoms with Gasteiger partial charge in [0, 0.05) is 23.3 Å². The van der Waals surface area contributed by atoms with E-state index in [2.05, 4.69) is 27.1 Å². The van der Waals surface area contributed by atoms with Gasteiger partial charge < -0.3 is 14.7 Å². The van der Waals surface area contributed by atoms with Gasteiger partial charge >= 0.3 is 0 Å². The van der Waals surface area contributed by atoms with Gasteiger partial charge in [0.2, 0.25) is 0 Å². The molecule has 102 valence electrons. The molecule has 1 aromatic rings. The van der Waals surface area contributed by atoms with Crippen molar-refractivity contribution in [2.75, 3.05) is 38.8 Å². The number of hydrogen-bond donors (Lipinski definition) is 1. The molecule has 0 spiro atoms. The Labute approximate surface area is 122 Å². The van der Waals surface area contributed by atoms with Crippen LogP contribution in [-0.2, 0) is 0 Å². The molecule has 18 heavy (non-hydrogen) atoms. The number of thioether (sulfide) groups is 1. The van der Waals surface area contributed by atoms with Crippen LogP contribution in [0.25, 0.3) is 0 Å². The molecular formula is C13H20BrNO2S. The molecule has 0 aromatic heterocycles. The smallest absolute Gasteiger partial charge is 0.119 e. The summed E-state index contributed by atoms with van der Waals surface area (Å²) >= 11 is 5.18. The molecule has 0 aliphatic carbocycles. The predicted octanol–water partition coefficient (Wildman–Crippen LogP) is 2.48. The molecule has 0 amide bonds. The topological polar surface area (TPSA) is 32.7 Å². The van der Waals surface area contributed by atoms with Crippen molar-refractivity contribution in [2.45, 2.75) is 6.10 Å². The fraction of sp³-hybridized carbons (Fsp3) is 0.538. The lowest BCUT2D eigenvalue weighted by atomic mass is 10.3. The van der Waals surface area contributed by atoms with Crippen molar-refractivity contribution in [2.24, 2.45) is 0 Å². The van der Waals surface area contributed by atoms with Crippen molar-refractivity contribution in [1.29, 1.82) is 0 Å². The van der Waals surface area contributed by atoms with Crippen molar-refractivity contribution < 1.29 is 9.84 Å². The van der Waals surface area contributed by atoms with E-state index in [-0.39, 0.29) is 0 Å². The standard InChI is InChI=1S/C13H20BrNO2S/c1-15(7-8-18-2)9-12(16)10-17-13-5-3-11(14)4-6-13/h3-6,12,16H,7-10H2,1-2H3. The number of halogens is 1. The van der Waals surface area contributed by atoms with Gasteiger partial charge in [0.1, 0.15) is 18.5 Å². The van der Waals surface area contributed by atoms with Crippen LogP contribution < -0.4 is 4.74 Å². The molecule has 0 saturated heterocycles. The first-order valence-corrected chi connectivity index (χ1v) is 8.04. The summed E-state index contributed by atoms with van der Waals surface area (Å²) in [7, 11) is 2.01. The Kier molecular flexibility index (Phi) is 7.74. The molecule has 0 fully saturated rings. The molecule has 0 bridgehead atoms. The zero-order valence-electron chi connectivity index (χ0n) is 10.8. The van der Waals surface area contributed by atoms with E-state index in [0.29, 0.717) is 13.2 Å². The number of ether oxygens (including phenoxy) is 1. The van der Waals surface area contributed by atoms with Crippen LogP contribution in [0.5, 0.6) is 5.75 Å². The highest BCUT2D eigenvalue weighted by Crippen LogP contribution is 2.16. The highest BCUT2D eigenvalue weighted by molar-refractivity contribution is 9.10. The highest BCUT2D eigenvalue weighted by atomic mass is 79.9. The molecule has 1 aromatic carbocycles. The molecule has 1 unspecified atom stereocenters. The van der Waals surface area contributed by atoms with Gasteiger partial charge in [-0.1, -0.05) is 15.9 Å². The first kappa shape index (κ1) is 15.8. The molecule has 0 heterocycles. The van der Waals surface area contributed by atoms with Crippen LogP contribution in [0.4, 0.5) is 0 Å². The molecule has 5 heteroatoms. The maximum Gasteiger partial charge on any atom is 0.119 e. The number of nitrogens with zero attached hydrogens (tertiary/aromatic N) is 1. The van der Waals surface area contributed by atoms with Crippen LogP contribution in [0.2, 0.25) is 0 Å². The lowest BCUT2D eigenvalue weighted by Crippen LogP contribution is -2.34. The lowest BCUT2D eigenvalue weighted by Gasteiger charge is -2.20. The molecule has 0 aliphatic rings. The first-order chi connectivity index (χ1) is 8.61. The van der Waals surface area contributed by atoms with Gasteiger partial charge in [-0.3, -0.25) is 0 Å². The van der Waals surface area contributed by atoms with Crippen molar-refractivity contribution in [3.05, 3.63) is 28.7 Å². The minimum atomic E-state index is -0.458. The maximum atomic E-state index is 9.85. The van der Waals surface area contributed by atoms with Crippen molar-refractivity contribution in [3.63, 3.8) is 0 Å². The SMILES string of the molecule is CSCCN(C)CC(O)COc1ccc(Br)cc1. The Morgan fingerprint density at radius 2 is 2.06 bits per heavy atom. The normalized spacial score (nSPS) is 12.7. The van der Waals surface area contributed by atoms with Crippen LogP contribution in [0, 0.1) is 0 Å². The molecule has 3 nitrogen and oxygen atoms in total. The third kappa shape index (κ3) is 6.64. The Morgan fingerprint density at radius 3 is 2.67 bits per heavy atom. The second-order valence-corrected chi connectivity index (χ2v) is 6.08. The molecular weight excluding hydrogens is 314 g/mol. The summed E-state index contributed by atoms with van der Waals surface area (Å²) in [5.74, 6) is 1.86. The van der Waals surface area contributed by atoms with E-state index in [1.54, 1.807) is 0 Å². The van der Waals surface area contributed by atoms with Crippen molar-refractivity contribution in [3.8, 4) is 5.75 Å². The first-order valence-electron chi connectivity index (χ1n) is 5.85. The third-order valence-electron chi connectivity index (χ3n) is 2.46. The van der Waals surface area contributed by atoms with Crippen LogP contribution in [-0.4, -0.2) is 54.9 Å². The second kappa shape index (κ2) is 8.80. The highest BCUT2D eigenvalue weighted by Gasteiger charge is 2.08. The summed E-state index contributed by atoms with van der Waals surface area (Å²) < 4.78 is 6.55. The molecule has 0 saturated carbocycles. The van der Waals surface area contributed by atoms with Gasteiger partial charge in [-0.05, 0) is 37.6 Å². The van der Waals surface area contributed by atoms with E-state index >= 15 is 0 Å². The largest absolute Gasteiger partial charge is 0.491 e. The maximum absolute atomic E-state index is 9.85. The Hall–Kier alpha value is -0.230. The third-order valence-corrected chi connectivity index (χ3v) is 3.58. The van der Waals surface area contributed by atoms with Gasteiger partial charge in [0.05, 0.1) is 0 Å². The Balaban J connectivity index is 2.24. The second-order valence-electron chi connectivity index (χ2n) is 4.17. The van der Waals surface area contributed by atoms with E-state index in [0.717, 1.165) is 22.5 Å². The average Bonchev–Trinajstić information content (AvgIpc) is 2.35. The summed E-state index contributed by atoms with van der Waals surface area (Å²) in [6.07, 6.45) is 1.63. The molecule has 1 N–H and O–H groups in total. The number of rotatable bonds is 8. The lowest BCUT2D eigenvalue weighted by molar-refractivity contribution is 0.0781. The Bertz CT molecular complexity index is 334. The summed E-state index contributed by atoms with van der Waals surface area (Å²) in [4.78, 5) is 2.12. The van der Waals surface area contributed by atoms with Crippen molar-refractivity contribution >= 4 is 27.7 Å². The number of benzene rings is 1. The predicted molar refractivity (Wildman–Crippen MR) is 81.5 cm³/mol. The number of likely N-dealkylation sites (N-methyl/N-ethyl adjacent to an activating group) is 1. The van der Waals surface area contributed by atoms with E-state index < -0.39 is 6.10 Å². The van der Waals surface area contributed by atoms with Crippen LogP contribution in [0.1, 0.15) is 0 Å². The van der Waals surface area contributed by atoms with Gasteiger partial charge in [-0.2, -0.15) is 11.8 Å². The quantitative estimate of drug-likeness (QED) is 0.792. The number of aliphatic hydroxyl groups is 1. The number of hydrogen-bond acceptors (Lipinski definition) is 4. The molecule has 0 radical (unpaired) electrons. The van der Waals surface area contributed by atoms with E-state index in [1.165, 1.54) is 0 Å². The minimum absolute atomic E-state index is 0.325. The summed E-state index contributed by atoms with van der Waals surface area (Å²) in [6, 6.07) is 7.61. The zero-order chi connectivity index (χ0) is 13.4. The fourth-order valence-electron chi connectivity index (χ4n) is 1.47. The van der Waals surface area contributed by atoms with Gasteiger partial charge in [0.25, 0.3) is 0 Å². The van der Waals surface area contributed by atoms with E-state index in [1.807, 2.05) is 43.1 Å². The monoisotopic (exact) mass is 333 g/mol. The molecule has 1 rings (SSSR count). The average molecular weight is 334 g/mol.